The van der Waals surface area contributed by atoms with E-state index in [2.05, 4.69) is 25.8 Å². The number of benzene rings is 1. The van der Waals surface area contributed by atoms with E-state index in [1.807, 2.05) is 25.1 Å². The molecule has 0 saturated heterocycles. The van der Waals surface area contributed by atoms with E-state index >= 15 is 0 Å². The maximum absolute atomic E-state index is 11.9. The fraction of sp³-hybridized carbons (Fsp3) is 0.154. The zero-order valence-corrected chi connectivity index (χ0v) is 13.3. The molecule has 0 atom stereocenters. The molecule has 0 aliphatic heterocycles. The first kappa shape index (κ1) is 14.5. The molecule has 0 fully saturated rings. The highest BCUT2D eigenvalue weighted by Gasteiger charge is 2.17. The zero-order valence-electron chi connectivity index (χ0n) is 11.7. The van der Waals surface area contributed by atoms with Gasteiger partial charge in [0.15, 0.2) is 5.13 Å². The van der Waals surface area contributed by atoms with E-state index in [1.54, 1.807) is 6.92 Å². The maximum Gasteiger partial charge on any atom is 0.315 e. The van der Waals surface area contributed by atoms with Gasteiger partial charge >= 0.3 is 11.8 Å². The van der Waals surface area contributed by atoms with Gasteiger partial charge in [0.1, 0.15) is 5.01 Å². The molecule has 3 rings (SSSR count). The molecule has 1 aromatic carbocycles. The van der Waals surface area contributed by atoms with Crippen molar-refractivity contribution < 1.29 is 9.59 Å². The van der Waals surface area contributed by atoms with Crippen molar-refractivity contribution in [1.29, 1.82) is 0 Å². The van der Waals surface area contributed by atoms with Crippen LogP contribution in [0.5, 0.6) is 0 Å². The minimum Gasteiger partial charge on any atom is -0.294 e. The molecule has 0 saturated carbocycles. The number of nitrogens with zero attached hydrogens (tertiary/aromatic N) is 3. The highest BCUT2D eigenvalue weighted by molar-refractivity contribution is 7.22. The van der Waals surface area contributed by atoms with E-state index in [0.29, 0.717) is 10.1 Å². The monoisotopic (exact) mass is 333 g/mol. The van der Waals surface area contributed by atoms with Crippen LogP contribution in [0.3, 0.4) is 0 Å². The number of aryl methyl sites for hydroxylation is 2. The topological polar surface area (TPSA) is 96.9 Å². The Bertz CT molecular complexity index is 870. The van der Waals surface area contributed by atoms with E-state index < -0.39 is 11.8 Å². The molecule has 2 N–H and O–H groups in total. The first-order valence-electron chi connectivity index (χ1n) is 6.31. The summed E-state index contributed by atoms with van der Waals surface area (Å²) >= 11 is 2.52. The number of aromatic nitrogens is 3. The Morgan fingerprint density at radius 3 is 2.41 bits per heavy atom. The van der Waals surface area contributed by atoms with Crippen LogP contribution >= 0.6 is 22.7 Å². The highest BCUT2D eigenvalue weighted by atomic mass is 32.1. The van der Waals surface area contributed by atoms with Crippen molar-refractivity contribution in [2.24, 2.45) is 0 Å². The second-order valence-electron chi connectivity index (χ2n) is 4.52. The van der Waals surface area contributed by atoms with Gasteiger partial charge in [-0.15, -0.1) is 10.2 Å². The SMILES string of the molecule is Cc1ccc2nc(NC(=O)C(=O)Nc3nnc(C)s3)sc2c1. The lowest BCUT2D eigenvalue weighted by Crippen LogP contribution is -2.28. The summed E-state index contributed by atoms with van der Waals surface area (Å²) in [5, 5.41) is 13.8. The largest absolute Gasteiger partial charge is 0.315 e. The van der Waals surface area contributed by atoms with Crippen molar-refractivity contribution >= 4 is 55.0 Å². The van der Waals surface area contributed by atoms with Gasteiger partial charge in [-0.1, -0.05) is 28.7 Å². The lowest BCUT2D eigenvalue weighted by atomic mass is 10.2. The third-order valence-corrected chi connectivity index (χ3v) is 4.40. The maximum atomic E-state index is 11.9. The first-order valence-corrected chi connectivity index (χ1v) is 7.94. The van der Waals surface area contributed by atoms with Crippen molar-refractivity contribution in [2.45, 2.75) is 13.8 Å². The Labute approximate surface area is 133 Å². The van der Waals surface area contributed by atoms with Crippen LogP contribution in [-0.2, 0) is 9.59 Å². The van der Waals surface area contributed by atoms with Gasteiger partial charge in [0.25, 0.3) is 0 Å². The number of hydrogen-bond donors (Lipinski definition) is 2. The van der Waals surface area contributed by atoms with Gasteiger partial charge < -0.3 is 0 Å². The summed E-state index contributed by atoms with van der Waals surface area (Å²) in [5.74, 6) is -1.59. The molecule has 0 unspecified atom stereocenters. The van der Waals surface area contributed by atoms with Crippen LogP contribution < -0.4 is 10.6 Å². The molecule has 22 heavy (non-hydrogen) atoms. The number of rotatable bonds is 2. The number of fused-ring (bicyclic) bond motifs is 1. The van der Waals surface area contributed by atoms with Crippen LogP contribution in [0.2, 0.25) is 0 Å². The van der Waals surface area contributed by atoms with Crippen LogP contribution in [0.4, 0.5) is 10.3 Å². The second kappa shape index (κ2) is 5.78. The van der Waals surface area contributed by atoms with Gasteiger partial charge in [-0.3, -0.25) is 20.2 Å². The third-order valence-electron chi connectivity index (χ3n) is 2.72. The van der Waals surface area contributed by atoms with Gasteiger partial charge in [-0.05, 0) is 31.5 Å². The molecule has 3 aromatic rings. The first-order chi connectivity index (χ1) is 10.5. The summed E-state index contributed by atoms with van der Waals surface area (Å²) in [6, 6.07) is 5.80. The number of nitrogens with one attached hydrogen (secondary N) is 2. The number of thiazole rings is 1. The van der Waals surface area contributed by atoms with E-state index in [-0.39, 0.29) is 5.13 Å². The fourth-order valence-electron chi connectivity index (χ4n) is 1.74. The average molecular weight is 333 g/mol. The fourth-order valence-corrected chi connectivity index (χ4v) is 3.29. The van der Waals surface area contributed by atoms with Crippen LogP contribution in [0.15, 0.2) is 18.2 Å². The smallest absolute Gasteiger partial charge is 0.294 e. The van der Waals surface area contributed by atoms with Gasteiger partial charge in [0.2, 0.25) is 5.13 Å². The van der Waals surface area contributed by atoms with Gasteiger partial charge in [0, 0.05) is 0 Å². The van der Waals surface area contributed by atoms with Crippen LogP contribution in [0.1, 0.15) is 10.6 Å². The highest BCUT2D eigenvalue weighted by Crippen LogP contribution is 2.26. The molecule has 0 spiro atoms. The van der Waals surface area contributed by atoms with Crippen molar-refractivity contribution in [2.75, 3.05) is 10.6 Å². The van der Waals surface area contributed by atoms with Gasteiger partial charge in [-0.2, -0.15) is 0 Å². The lowest BCUT2D eigenvalue weighted by Gasteiger charge is -2.00. The Balaban J connectivity index is 1.70. The van der Waals surface area contributed by atoms with E-state index in [1.165, 1.54) is 22.7 Å². The Kier molecular flexibility index (Phi) is 3.82. The summed E-state index contributed by atoms with van der Waals surface area (Å²) in [7, 11) is 0. The molecule has 2 aromatic heterocycles. The van der Waals surface area contributed by atoms with E-state index in [0.717, 1.165) is 15.8 Å². The Hall–Kier alpha value is -2.39. The zero-order chi connectivity index (χ0) is 15.7. The summed E-state index contributed by atoms with van der Waals surface area (Å²) < 4.78 is 0.954. The van der Waals surface area contributed by atoms with E-state index in [9.17, 15) is 9.59 Å². The van der Waals surface area contributed by atoms with Crippen LogP contribution in [0.25, 0.3) is 10.2 Å². The predicted molar refractivity (Wildman–Crippen MR) is 86.3 cm³/mol. The summed E-state index contributed by atoms with van der Waals surface area (Å²) in [5.41, 5.74) is 1.89. The number of hydrogen-bond acceptors (Lipinski definition) is 7. The van der Waals surface area contributed by atoms with Crippen LogP contribution in [-0.4, -0.2) is 27.0 Å². The normalized spacial score (nSPS) is 10.6. The Morgan fingerprint density at radius 2 is 1.73 bits per heavy atom. The molecule has 7 nitrogen and oxygen atoms in total. The molecule has 9 heteroatoms. The average Bonchev–Trinajstić information content (AvgIpc) is 3.04. The van der Waals surface area contributed by atoms with Gasteiger partial charge in [0.05, 0.1) is 10.2 Å². The molecular weight excluding hydrogens is 322 g/mol. The van der Waals surface area contributed by atoms with Crippen molar-refractivity contribution in [3.8, 4) is 0 Å². The summed E-state index contributed by atoms with van der Waals surface area (Å²) in [4.78, 5) is 27.9. The molecule has 0 aliphatic carbocycles. The number of carbonyl (C=O) groups excluding carboxylic acids is 2. The molecule has 2 amide bonds. The third kappa shape index (κ3) is 3.10. The lowest BCUT2D eigenvalue weighted by molar-refractivity contribution is -0.133. The van der Waals surface area contributed by atoms with Crippen molar-refractivity contribution in [1.82, 2.24) is 15.2 Å². The standard InChI is InChI=1S/C13H11N5O2S2/c1-6-3-4-8-9(5-6)22-12(14-8)15-10(19)11(20)16-13-18-17-7(2)21-13/h3-5H,1-2H3,(H,14,15,19)(H,16,18,20). The number of amides is 2. The quantitative estimate of drug-likeness (QED) is 0.702. The molecule has 0 aliphatic rings. The van der Waals surface area contributed by atoms with E-state index in [4.69, 9.17) is 0 Å². The minimum absolute atomic E-state index is 0.289. The number of anilines is 2. The van der Waals surface area contributed by atoms with Crippen molar-refractivity contribution in [3.05, 3.63) is 28.8 Å². The molecule has 112 valence electrons. The summed E-state index contributed by atoms with van der Waals surface area (Å²) in [6.07, 6.45) is 0. The van der Waals surface area contributed by atoms with Crippen molar-refractivity contribution in [3.63, 3.8) is 0 Å². The molecule has 2 heterocycles. The second-order valence-corrected chi connectivity index (χ2v) is 6.74. The molecule has 0 radical (unpaired) electrons. The summed E-state index contributed by atoms with van der Waals surface area (Å²) in [6.45, 7) is 3.74. The predicted octanol–water partition coefficient (Wildman–Crippen LogP) is 2.34. The molecular formula is C13H11N5O2S2. The number of carbonyl (C=O) groups is 2. The molecule has 0 bridgehead atoms. The Morgan fingerprint density at radius 1 is 1.00 bits per heavy atom. The van der Waals surface area contributed by atoms with Gasteiger partial charge in [-0.25, -0.2) is 4.98 Å². The minimum atomic E-state index is -0.799. The van der Waals surface area contributed by atoms with Crippen LogP contribution in [0, 0.1) is 13.8 Å².